The Morgan fingerprint density at radius 2 is 2.22 bits per heavy atom. The van der Waals surface area contributed by atoms with E-state index >= 15 is 0 Å². The molecule has 138 valence electrons. The number of nitrogens with zero attached hydrogens (tertiary/aromatic N) is 3. The normalized spacial score (nSPS) is 11.1. The second-order valence-corrected chi connectivity index (χ2v) is 7.24. The molecule has 9 heteroatoms. The van der Waals surface area contributed by atoms with Crippen LogP contribution in [0.25, 0.3) is 11.0 Å². The first-order valence-corrected chi connectivity index (χ1v) is 9.32. The maximum Gasteiger partial charge on any atom is 0.218 e. The molecule has 4 heterocycles. The quantitative estimate of drug-likeness (QED) is 0.498. The Balaban J connectivity index is 1.51. The monoisotopic (exact) mass is 403 g/mol. The summed E-state index contributed by atoms with van der Waals surface area (Å²) in [6.07, 6.45) is 5.45. The summed E-state index contributed by atoms with van der Waals surface area (Å²) in [5.74, 6) is -0.0449. The van der Waals surface area contributed by atoms with Crippen LogP contribution in [0.3, 0.4) is 0 Å². The minimum absolute atomic E-state index is 0.328. The van der Waals surface area contributed by atoms with E-state index in [0.29, 0.717) is 34.7 Å². The van der Waals surface area contributed by atoms with Gasteiger partial charge in [0.15, 0.2) is 5.13 Å². The van der Waals surface area contributed by atoms with Gasteiger partial charge in [-0.3, -0.25) is 0 Å². The molecule has 0 fully saturated rings. The first-order chi connectivity index (χ1) is 13.1. The molecule has 6 nitrogen and oxygen atoms in total. The minimum Gasteiger partial charge on any atom is -0.481 e. The molecule has 0 aromatic carbocycles. The second-order valence-electron chi connectivity index (χ2n) is 5.80. The lowest BCUT2D eigenvalue weighted by Gasteiger charge is -2.07. The van der Waals surface area contributed by atoms with Crippen LogP contribution in [0, 0.1) is 5.82 Å². The summed E-state index contributed by atoms with van der Waals surface area (Å²) in [7, 11) is 1.50. The number of methoxy groups -OCH3 is 1. The summed E-state index contributed by atoms with van der Waals surface area (Å²) in [6, 6.07) is 5.31. The summed E-state index contributed by atoms with van der Waals surface area (Å²) in [6.45, 7) is 0.328. The number of ether oxygens (including phenoxy) is 1. The number of hydrogen-bond donors (Lipinski definition) is 2. The number of hydrogen-bond acceptors (Lipinski definition) is 6. The van der Waals surface area contributed by atoms with Crippen molar-refractivity contribution in [2.75, 3.05) is 12.4 Å². The van der Waals surface area contributed by atoms with Gasteiger partial charge in [0, 0.05) is 36.3 Å². The lowest BCUT2D eigenvalue weighted by Crippen LogP contribution is -2.03. The summed E-state index contributed by atoms with van der Waals surface area (Å²) in [5.41, 5.74) is 2.55. The molecule has 2 N–H and O–H groups in total. The van der Waals surface area contributed by atoms with Gasteiger partial charge in [0.25, 0.3) is 0 Å². The summed E-state index contributed by atoms with van der Waals surface area (Å²) in [5, 5.41) is 5.32. The molecule has 0 atom stereocenters. The number of anilines is 1. The molecular formula is C18H15ClFN5OS. The number of aromatic nitrogens is 4. The first kappa shape index (κ1) is 17.7. The van der Waals surface area contributed by atoms with Gasteiger partial charge in [-0.15, -0.1) is 11.3 Å². The van der Waals surface area contributed by atoms with Crippen LogP contribution < -0.4 is 10.1 Å². The Hall–Kier alpha value is -2.71. The zero-order valence-corrected chi connectivity index (χ0v) is 15.9. The average molecular weight is 404 g/mol. The fourth-order valence-electron chi connectivity index (χ4n) is 2.80. The van der Waals surface area contributed by atoms with Crippen molar-refractivity contribution in [2.24, 2.45) is 0 Å². The van der Waals surface area contributed by atoms with E-state index in [2.05, 4.69) is 25.3 Å². The topological polar surface area (TPSA) is 75.7 Å². The molecule has 0 radical (unpaired) electrons. The van der Waals surface area contributed by atoms with Crippen molar-refractivity contribution in [1.29, 1.82) is 0 Å². The molecule has 0 aliphatic heterocycles. The Morgan fingerprint density at radius 3 is 3.07 bits per heavy atom. The highest BCUT2D eigenvalue weighted by Gasteiger charge is 2.14. The van der Waals surface area contributed by atoms with E-state index in [1.54, 1.807) is 6.20 Å². The first-order valence-electron chi connectivity index (χ1n) is 8.12. The van der Waals surface area contributed by atoms with Crippen LogP contribution in [-0.4, -0.2) is 27.0 Å². The molecule has 0 aliphatic rings. The van der Waals surface area contributed by atoms with Gasteiger partial charge in [0.2, 0.25) is 5.88 Å². The van der Waals surface area contributed by atoms with Gasteiger partial charge in [-0.25, -0.2) is 19.3 Å². The van der Waals surface area contributed by atoms with Crippen LogP contribution in [0.4, 0.5) is 9.52 Å². The number of pyridine rings is 2. The average Bonchev–Trinajstić information content (AvgIpc) is 3.24. The van der Waals surface area contributed by atoms with Gasteiger partial charge >= 0.3 is 0 Å². The summed E-state index contributed by atoms with van der Waals surface area (Å²) >= 11 is 7.77. The number of nitrogens with one attached hydrogen (secondary N) is 2. The predicted octanol–water partition coefficient (Wildman–Crippen LogP) is 4.42. The van der Waals surface area contributed by atoms with Crippen LogP contribution in [-0.2, 0) is 13.0 Å². The van der Waals surface area contributed by atoms with E-state index in [-0.39, 0.29) is 0 Å². The molecule has 0 saturated carbocycles. The molecule has 0 aliphatic carbocycles. The highest BCUT2D eigenvalue weighted by Crippen LogP contribution is 2.31. The van der Waals surface area contributed by atoms with E-state index in [0.717, 1.165) is 27.7 Å². The van der Waals surface area contributed by atoms with Crippen molar-refractivity contribution in [3.05, 3.63) is 63.8 Å². The molecule has 0 spiro atoms. The standard InChI is InChI=1S/C18H15ClFN5OS/c1-26-17-11(5-12(20)9-23-17)8-24-18-25-15(19)14(27-18)6-10-7-22-16-13(10)3-2-4-21-16/h2-5,7,9H,6,8H2,1H3,(H,21,22)(H,24,25). The number of fused-ring (bicyclic) bond motifs is 1. The number of aromatic amines is 1. The number of H-pyrrole nitrogens is 1. The third kappa shape index (κ3) is 3.72. The Bertz CT molecular complexity index is 1100. The highest BCUT2D eigenvalue weighted by molar-refractivity contribution is 7.16. The molecular weight excluding hydrogens is 389 g/mol. The predicted molar refractivity (Wildman–Crippen MR) is 104 cm³/mol. The summed E-state index contributed by atoms with van der Waals surface area (Å²) in [4.78, 5) is 16.7. The number of halogens is 2. The van der Waals surface area contributed by atoms with Crippen molar-refractivity contribution >= 4 is 39.1 Å². The van der Waals surface area contributed by atoms with E-state index in [1.807, 2.05) is 18.3 Å². The van der Waals surface area contributed by atoms with Crippen LogP contribution in [0.1, 0.15) is 16.0 Å². The van der Waals surface area contributed by atoms with Gasteiger partial charge in [-0.05, 0) is 23.8 Å². The van der Waals surface area contributed by atoms with Crippen molar-refractivity contribution in [3.63, 3.8) is 0 Å². The van der Waals surface area contributed by atoms with Crippen molar-refractivity contribution < 1.29 is 9.13 Å². The van der Waals surface area contributed by atoms with Crippen molar-refractivity contribution in [3.8, 4) is 5.88 Å². The lowest BCUT2D eigenvalue weighted by molar-refractivity contribution is 0.391. The van der Waals surface area contributed by atoms with Crippen LogP contribution in [0.2, 0.25) is 5.15 Å². The van der Waals surface area contributed by atoms with Gasteiger partial charge in [-0.1, -0.05) is 11.6 Å². The van der Waals surface area contributed by atoms with Crippen LogP contribution >= 0.6 is 22.9 Å². The van der Waals surface area contributed by atoms with E-state index in [1.165, 1.54) is 24.5 Å². The Morgan fingerprint density at radius 1 is 1.33 bits per heavy atom. The van der Waals surface area contributed by atoms with Crippen LogP contribution in [0.15, 0.2) is 36.8 Å². The maximum absolute atomic E-state index is 13.4. The molecule has 4 rings (SSSR count). The second kappa shape index (κ2) is 7.50. The van der Waals surface area contributed by atoms with Crippen molar-refractivity contribution in [1.82, 2.24) is 19.9 Å². The van der Waals surface area contributed by atoms with E-state index in [4.69, 9.17) is 16.3 Å². The maximum atomic E-state index is 13.4. The highest BCUT2D eigenvalue weighted by atomic mass is 35.5. The molecule has 0 bridgehead atoms. The Kier molecular flexibility index (Phi) is 4.91. The smallest absolute Gasteiger partial charge is 0.218 e. The van der Waals surface area contributed by atoms with Gasteiger partial charge < -0.3 is 15.0 Å². The van der Waals surface area contributed by atoms with Crippen molar-refractivity contribution in [2.45, 2.75) is 13.0 Å². The lowest BCUT2D eigenvalue weighted by atomic mass is 10.1. The zero-order valence-electron chi connectivity index (χ0n) is 14.3. The third-order valence-electron chi connectivity index (χ3n) is 4.05. The van der Waals surface area contributed by atoms with Crippen LogP contribution in [0.5, 0.6) is 5.88 Å². The zero-order chi connectivity index (χ0) is 18.8. The van der Waals surface area contributed by atoms with E-state index in [9.17, 15) is 4.39 Å². The molecule has 4 aromatic heterocycles. The minimum atomic E-state index is -0.418. The van der Waals surface area contributed by atoms with Gasteiger partial charge in [-0.2, -0.15) is 0 Å². The Labute approximate surface area is 163 Å². The molecule has 0 amide bonds. The number of thiazole rings is 1. The largest absolute Gasteiger partial charge is 0.481 e. The fraction of sp³-hybridized carbons (Fsp3) is 0.167. The summed E-state index contributed by atoms with van der Waals surface area (Å²) < 4.78 is 18.6. The molecule has 0 saturated heterocycles. The SMILES string of the molecule is COc1ncc(F)cc1CNc1nc(Cl)c(Cc2c[nH]c3ncccc23)s1. The molecule has 4 aromatic rings. The van der Waals surface area contributed by atoms with Gasteiger partial charge in [0.1, 0.15) is 16.6 Å². The third-order valence-corrected chi connectivity index (χ3v) is 5.49. The number of rotatable bonds is 6. The molecule has 27 heavy (non-hydrogen) atoms. The van der Waals surface area contributed by atoms with Gasteiger partial charge in [0.05, 0.1) is 18.2 Å². The van der Waals surface area contributed by atoms with E-state index < -0.39 is 5.82 Å². The fourth-order valence-corrected chi connectivity index (χ4v) is 3.99. The molecule has 0 unspecified atom stereocenters.